The minimum absolute atomic E-state index is 0.157. The van der Waals surface area contributed by atoms with E-state index in [4.69, 9.17) is 5.73 Å². The maximum absolute atomic E-state index is 11.4. The van der Waals surface area contributed by atoms with Crippen LogP contribution < -0.4 is 17.1 Å². The summed E-state index contributed by atoms with van der Waals surface area (Å²) in [5.41, 5.74) is 6.22. The van der Waals surface area contributed by atoms with Crippen molar-refractivity contribution in [3.05, 3.63) is 52.1 Å². The third-order valence-corrected chi connectivity index (χ3v) is 2.68. The number of hydrogen-bond donors (Lipinski definition) is 5. The Kier molecular flexibility index (Phi) is 3.28. The minimum atomic E-state index is -0.325. The maximum Gasteiger partial charge on any atom is 0.332 e. The third kappa shape index (κ3) is 2.49. The number of rotatable bonds is 1. The first-order valence-electron chi connectivity index (χ1n) is 6.10. The van der Waals surface area contributed by atoms with E-state index in [-0.39, 0.29) is 23.1 Å². The van der Waals surface area contributed by atoms with Crippen LogP contribution in [0.2, 0.25) is 0 Å². The van der Waals surface area contributed by atoms with E-state index in [1.807, 2.05) is 0 Å². The van der Waals surface area contributed by atoms with Crippen LogP contribution in [0.1, 0.15) is 0 Å². The van der Waals surface area contributed by atoms with Crippen molar-refractivity contribution in [1.82, 2.24) is 39.5 Å². The van der Waals surface area contributed by atoms with E-state index in [9.17, 15) is 9.59 Å². The summed E-state index contributed by atoms with van der Waals surface area (Å²) < 4.78 is 1.25. The lowest BCUT2D eigenvalue weighted by molar-refractivity contribution is 0.899. The summed E-state index contributed by atoms with van der Waals surface area (Å²) >= 11 is 0. The largest absolute Gasteiger partial charge is 0.382 e. The van der Waals surface area contributed by atoms with Crippen molar-refractivity contribution < 1.29 is 0 Å². The zero-order chi connectivity index (χ0) is 15.5. The quantitative estimate of drug-likeness (QED) is 0.306. The van der Waals surface area contributed by atoms with Crippen molar-refractivity contribution in [3.8, 4) is 5.95 Å². The van der Waals surface area contributed by atoms with Crippen LogP contribution in [0.3, 0.4) is 0 Å². The van der Waals surface area contributed by atoms with Gasteiger partial charge in [0.25, 0.3) is 0 Å². The number of nitrogens with two attached hydrogens (primary N) is 1. The van der Waals surface area contributed by atoms with Crippen LogP contribution >= 0.6 is 0 Å². The van der Waals surface area contributed by atoms with E-state index in [1.165, 1.54) is 23.3 Å². The van der Waals surface area contributed by atoms with Crippen molar-refractivity contribution in [1.29, 1.82) is 0 Å². The molecule has 0 aliphatic heterocycles. The lowest BCUT2D eigenvalue weighted by Crippen LogP contribution is -2.17. The fraction of sp³-hybridized carbons (Fsp3) is 0. The lowest BCUT2D eigenvalue weighted by Gasteiger charge is -2.00. The van der Waals surface area contributed by atoms with Gasteiger partial charge in [0, 0.05) is 24.8 Å². The summed E-state index contributed by atoms with van der Waals surface area (Å²) in [5, 5.41) is 0. The van der Waals surface area contributed by atoms with E-state index in [0.29, 0.717) is 11.2 Å². The monoisotopic (exact) mass is 301 g/mol. The highest BCUT2D eigenvalue weighted by atomic mass is 16.1. The summed E-state index contributed by atoms with van der Waals surface area (Å²) in [4.78, 5) is 43.5. The highest BCUT2D eigenvalue weighted by Gasteiger charge is 2.09. The molecule has 11 nitrogen and oxygen atoms in total. The van der Waals surface area contributed by atoms with E-state index < -0.39 is 0 Å². The molecule has 112 valence electrons. The Morgan fingerprint density at radius 1 is 1.00 bits per heavy atom. The molecule has 0 fully saturated rings. The van der Waals surface area contributed by atoms with Gasteiger partial charge in [-0.15, -0.1) is 0 Å². The van der Waals surface area contributed by atoms with Gasteiger partial charge in [0.15, 0.2) is 11.5 Å². The summed E-state index contributed by atoms with van der Waals surface area (Å²) in [6, 6.07) is 0. The highest BCUT2D eigenvalue weighted by Crippen LogP contribution is 2.13. The molecule has 0 saturated carbocycles. The molecule has 0 bridgehead atoms. The molecule has 0 unspecified atom stereocenters. The molecule has 0 spiro atoms. The van der Waals surface area contributed by atoms with E-state index in [0.717, 1.165) is 0 Å². The number of imidazole rings is 3. The Morgan fingerprint density at radius 2 is 1.77 bits per heavy atom. The maximum atomic E-state index is 11.4. The average molecular weight is 301 g/mol. The second-order valence-electron chi connectivity index (χ2n) is 4.10. The Labute approximate surface area is 121 Å². The van der Waals surface area contributed by atoms with E-state index in [1.54, 1.807) is 12.4 Å². The van der Waals surface area contributed by atoms with Gasteiger partial charge in [-0.3, -0.25) is 0 Å². The number of nitrogens with zero attached hydrogens (tertiary/aromatic N) is 4. The molecule has 4 rings (SSSR count). The number of H-pyrrole nitrogens is 4. The molecule has 4 aromatic heterocycles. The van der Waals surface area contributed by atoms with Crippen LogP contribution in [-0.2, 0) is 0 Å². The number of fused-ring (bicyclic) bond motifs is 1. The summed E-state index contributed by atoms with van der Waals surface area (Å²) in [5.74, 6) is 0.453. The Hall–Kier alpha value is -3.63. The molecule has 0 radical (unpaired) electrons. The number of anilines is 1. The van der Waals surface area contributed by atoms with Crippen LogP contribution in [0.15, 0.2) is 40.7 Å². The molecule has 0 aliphatic carbocycles. The lowest BCUT2D eigenvalue weighted by atomic mass is 10.5. The van der Waals surface area contributed by atoms with Gasteiger partial charge in [0.2, 0.25) is 5.95 Å². The van der Waals surface area contributed by atoms with Crippen molar-refractivity contribution in [2.75, 3.05) is 5.73 Å². The smallest absolute Gasteiger partial charge is 0.332 e. The minimum Gasteiger partial charge on any atom is -0.382 e. The SMILES string of the molecule is Nc1nc(-n2cc[nH]c2=O)nc2nc[nH]c12.O=c1[nH]cc[nH]1. The zero-order valence-corrected chi connectivity index (χ0v) is 11.1. The first-order chi connectivity index (χ1) is 10.6. The molecule has 6 N–H and O–H groups in total. The number of aromatic nitrogens is 8. The Bertz CT molecular complexity index is 985. The van der Waals surface area contributed by atoms with Gasteiger partial charge in [0.05, 0.1) is 6.33 Å². The van der Waals surface area contributed by atoms with Crippen molar-refractivity contribution in [2.45, 2.75) is 0 Å². The second-order valence-corrected chi connectivity index (χ2v) is 4.10. The topological polar surface area (TPSA) is 167 Å². The fourth-order valence-corrected chi connectivity index (χ4v) is 1.71. The summed E-state index contributed by atoms with van der Waals surface area (Å²) in [6.45, 7) is 0. The van der Waals surface area contributed by atoms with Crippen LogP contribution in [0.25, 0.3) is 17.1 Å². The molecule has 0 amide bonds. The molecule has 4 aromatic rings. The molecule has 0 atom stereocenters. The Morgan fingerprint density at radius 3 is 2.36 bits per heavy atom. The first kappa shape index (κ1) is 13.4. The predicted molar refractivity (Wildman–Crippen MR) is 77.5 cm³/mol. The molecule has 0 saturated heterocycles. The van der Waals surface area contributed by atoms with Crippen LogP contribution in [0, 0.1) is 0 Å². The highest BCUT2D eigenvalue weighted by molar-refractivity contribution is 5.81. The third-order valence-electron chi connectivity index (χ3n) is 2.68. The standard InChI is InChI=1S/C8H7N7O.C3H4N2O/c9-5-4-6(12-3-11-4)14-7(13-5)15-2-1-10-8(15)16;6-3-4-1-2-5-3/h1-3H,(H,10,16)(H3,9,11,12,13,14);1-2H,(H2,4,5,6). The van der Waals surface area contributed by atoms with Gasteiger partial charge < -0.3 is 25.7 Å². The molecule has 22 heavy (non-hydrogen) atoms. The molecule has 11 heteroatoms. The number of nitrogen functional groups attached to an aromatic ring is 1. The second kappa shape index (κ2) is 5.40. The summed E-state index contributed by atoms with van der Waals surface area (Å²) in [6.07, 6.45) is 7.58. The number of hydrogen-bond acceptors (Lipinski definition) is 6. The van der Waals surface area contributed by atoms with Gasteiger partial charge in [-0.2, -0.15) is 9.97 Å². The molecule has 0 aliphatic rings. The van der Waals surface area contributed by atoms with Gasteiger partial charge in [-0.05, 0) is 0 Å². The van der Waals surface area contributed by atoms with Crippen molar-refractivity contribution in [2.24, 2.45) is 0 Å². The fourth-order valence-electron chi connectivity index (χ4n) is 1.71. The van der Waals surface area contributed by atoms with Crippen molar-refractivity contribution in [3.63, 3.8) is 0 Å². The van der Waals surface area contributed by atoms with Gasteiger partial charge in [0.1, 0.15) is 5.52 Å². The first-order valence-corrected chi connectivity index (χ1v) is 6.10. The van der Waals surface area contributed by atoms with Crippen LogP contribution in [0.5, 0.6) is 0 Å². The summed E-state index contributed by atoms with van der Waals surface area (Å²) in [7, 11) is 0. The van der Waals surface area contributed by atoms with Crippen LogP contribution in [-0.4, -0.2) is 39.5 Å². The van der Waals surface area contributed by atoms with Crippen LogP contribution in [0.4, 0.5) is 5.82 Å². The van der Waals surface area contributed by atoms with E-state index in [2.05, 4.69) is 34.9 Å². The average Bonchev–Trinajstić information content (AvgIpc) is 3.20. The zero-order valence-electron chi connectivity index (χ0n) is 11.1. The van der Waals surface area contributed by atoms with Gasteiger partial charge >= 0.3 is 11.4 Å². The molecular weight excluding hydrogens is 290 g/mol. The van der Waals surface area contributed by atoms with E-state index >= 15 is 0 Å². The van der Waals surface area contributed by atoms with Gasteiger partial charge in [-0.1, -0.05) is 0 Å². The predicted octanol–water partition coefficient (Wildman–Crippen LogP) is -0.883. The van der Waals surface area contributed by atoms with Gasteiger partial charge in [-0.25, -0.2) is 19.1 Å². The molecule has 4 heterocycles. The molecular formula is C11H11N9O2. The number of nitrogens with one attached hydrogen (secondary N) is 4. The van der Waals surface area contributed by atoms with Crippen molar-refractivity contribution >= 4 is 17.0 Å². The molecule has 0 aromatic carbocycles. The number of aromatic amines is 4. The Balaban J connectivity index is 0.000000202. The normalized spacial score (nSPS) is 10.4.